The van der Waals surface area contributed by atoms with Gasteiger partial charge in [0.15, 0.2) is 12.1 Å². The van der Waals surface area contributed by atoms with Gasteiger partial charge < -0.3 is 23.8 Å². The first kappa shape index (κ1) is 35.3. The number of carboxylic acids is 1. The van der Waals surface area contributed by atoms with E-state index in [2.05, 4.69) is 13.8 Å². The van der Waals surface area contributed by atoms with Crippen LogP contribution in [0.2, 0.25) is 0 Å². The van der Waals surface area contributed by atoms with Crippen LogP contribution in [-0.2, 0) is 28.6 Å². The molecule has 0 heterocycles. The second kappa shape index (κ2) is 22.3. The predicted octanol–water partition coefficient (Wildman–Crippen LogP) is 5.90. The summed E-state index contributed by atoms with van der Waals surface area (Å²) in [5.41, 5.74) is 0. The molecule has 0 amide bonds. The first-order valence-corrected chi connectivity index (χ1v) is 14.6. The largest absolute Gasteiger partial charge is 0.477 e. The minimum Gasteiger partial charge on any atom is -0.477 e. The Hall–Kier alpha value is -1.67. The Kier molecular flexibility index (Phi) is 21.3. The minimum atomic E-state index is -0.877. The van der Waals surface area contributed by atoms with E-state index in [0.29, 0.717) is 19.3 Å². The van der Waals surface area contributed by atoms with Gasteiger partial charge in [-0.15, -0.1) is 0 Å². The summed E-state index contributed by atoms with van der Waals surface area (Å²) in [7, 11) is 5.49. The average Bonchev–Trinajstić information content (AvgIpc) is 2.82. The molecule has 2 atom stereocenters. The number of aliphatic carboxylic acids is 1. The molecule has 0 saturated heterocycles. The Labute approximate surface area is 226 Å². The minimum absolute atomic E-state index is 0.0470. The van der Waals surface area contributed by atoms with Crippen molar-refractivity contribution in [2.24, 2.45) is 0 Å². The fourth-order valence-corrected chi connectivity index (χ4v) is 4.15. The molecule has 8 nitrogen and oxygen atoms in total. The lowest BCUT2D eigenvalue weighted by Crippen LogP contribution is -2.50. The standard InChI is InChI=1S/C29H55NO7/c1-6-8-10-12-13-14-16-18-20-28(32)37-25(24-36-27(31)19-17-15-11-9-7-2)23-35-22-21-26(29(33)34)30(3,4)5/h25-26H,6-24H2,1-5H3/p+1. The Morgan fingerprint density at radius 3 is 1.68 bits per heavy atom. The molecule has 0 aromatic carbocycles. The maximum absolute atomic E-state index is 12.4. The number of carbonyl (C=O) groups excluding carboxylic acids is 2. The van der Waals surface area contributed by atoms with E-state index in [9.17, 15) is 19.5 Å². The maximum Gasteiger partial charge on any atom is 0.362 e. The number of likely N-dealkylation sites (N-methyl/N-ethyl adjacent to an activating group) is 1. The van der Waals surface area contributed by atoms with Crippen molar-refractivity contribution in [3.05, 3.63) is 0 Å². The number of ether oxygens (including phenoxy) is 3. The van der Waals surface area contributed by atoms with E-state index < -0.39 is 18.1 Å². The first-order chi connectivity index (χ1) is 17.6. The highest BCUT2D eigenvalue weighted by atomic mass is 16.6. The van der Waals surface area contributed by atoms with Crippen molar-refractivity contribution < 1.29 is 38.2 Å². The molecule has 0 aliphatic rings. The number of rotatable bonds is 25. The lowest BCUT2D eigenvalue weighted by atomic mass is 10.1. The molecule has 0 spiro atoms. The predicted molar refractivity (Wildman–Crippen MR) is 146 cm³/mol. The van der Waals surface area contributed by atoms with Crippen LogP contribution in [0, 0.1) is 0 Å². The summed E-state index contributed by atoms with van der Waals surface area (Å²) < 4.78 is 16.9. The van der Waals surface area contributed by atoms with E-state index in [0.717, 1.165) is 44.9 Å². The molecule has 0 saturated carbocycles. The van der Waals surface area contributed by atoms with Gasteiger partial charge in [-0.2, -0.15) is 0 Å². The Morgan fingerprint density at radius 1 is 0.703 bits per heavy atom. The molecular weight excluding hydrogens is 474 g/mol. The Morgan fingerprint density at radius 2 is 1.19 bits per heavy atom. The number of hydrogen-bond acceptors (Lipinski definition) is 6. The summed E-state index contributed by atoms with van der Waals surface area (Å²) in [6, 6.07) is -0.603. The van der Waals surface area contributed by atoms with Gasteiger partial charge in [0.2, 0.25) is 0 Å². The van der Waals surface area contributed by atoms with Gasteiger partial charge in [-0.1, -0.05) is 84.5 Å². The van der Waals surface area contributed by atoms with Crippen molar-refractivity contribution >= 4 is 17.9 Å². The maximum atomic E-state index is 12.4. The Balaban J connectivity index is 4.53. The molecule has 0 aromatic heterocycles. The quantitative estimate of drug-likeness (QED) is 0.0891. The normalized spacial score (nSPS) is 13.2. The molecule has 0 fully saturated rings. The summed E-state index contributed by atoms with van der Waals surface area (Å²) in [5, 5.41) is 9.48. The lowest BCUT2D eigenvalue weighted by molar-refractivity contribution is -0.887. The Bertz CT molecular complexity index is 604. The smallest absolute Gasteiger partial charge is 0.362 e. The van der Waals surface area contributed by atoms with E-state index >= 15 is 0 Å². The number of hydrogen-bond donors (Lipinski definition) is 1. The van der Waals surface area contributed by atoms with Crippen molar-refractivity contribution in [1.29, 1.82) is 0 Å². The van der Waals surface area contributed by atoms with Gasteiger partial charge in [0.1, 0.15) is 6.61 Å². The molecule has 0 bridgehead atoms. The van der Waals surface area contributed by atoms with Crippen molar-refractivity contribution in [1.82, 2.24) is 0 Å². The highest BCUT2D eigenvalue weighted by molar-refractivity contribution is 5.72. The summed E-state index contributed by atoms with van der Waals surface area (Å²) in [6.07, 6.45) is 14.7. The van der Waals surface area contributed by atoms with E-state index in [1.807, 2.05) is 21.1 Å². The molecule has 8 heteroatoms. The highest BCUT2D eigenvalue weighted by Crippen LogP contribution is 2.12. The zero-order chi connectivity index (χ0) is 27.9. The van der Waals surface area contributed by atoms with Crippen LogP contribution in [0.1, 0.15) is 117 Å². The highest BCUT2D eigenvalue weighted by Gasteiger charge is 2.31. The van der Waals surface area contributed by atoms with Gasteiger partial charge in [-0.3, -0.25) is 9.59 Å². The van der Waals surface area contributed by atoms with E-state index in [4.69, 9.17) is 14.2 Å². The zero-order valence-corrected chi connectivity index (χ0v) is 24.4. The van der Waals surface area contributed by atoms with Crippen LogP contribution in [0.3, 0.4) is 0 Å². The number of nitrogens with zero attached hydrogens (tertiary/aromatic N) is 1. The van der Waals surface area contributed by atoms with Crippen molar-refractivity contribution in [3.63, 3.8) is 0 Å². The second-order valence-corrected chi connectivity index (χ2v) is 11.0. The fourth-order valence-electron chi connectivity index (χ4n) is 4.15. The van der Waals surface area contributed by atoms with Crippen LogP contribution in [0.15, 0.2) is 0 Å². The summed E-state index contributed by atoms with van der Waals surface area (Å²) >= 11 is 0. The number of carbonyl (C=O) groups is 3. The van der Waals surface area contributed by atoms with Gasteiger partial charge in [0.05, 0.1) is 34.4 Å². The third-order valence-electron chi connectivity index (χ3n) is 6.51. The van der Waals surface area contributed by atoms with Crippen LogP contribution in [-0.4, -0.2) is 80.6 Å². The SMILES string of the molecule is CCCCCCCCCCC(=O)OC(COCCC(C(=O)O)[N+](C)(C)C)COC(=O)CCCCCCC. The average molecular weight is 531 g/mol. The van der Waals surface area contributed by atoms with Gasteiger partial charge in [0, 0.05) is 19.3 Å². The van der Waals surface area contributed by atoms with Crippen LogP contribution in [0.25, 0.3) is 0 Å². The molecule has 0 aliphatic heterocycles. The number of unbranched alkanes of at least 4 members (excludes halogenated alkanes) is 11. The third kappa shape index (κ3) is 21.0. The summed E-state index contributed by atoms with van der Waals surface area (Å²) in [4.78, 5) is 36.1. The molecular formula is C29H56NO7+. The molecule has 0 radical (unpaired) electrons. The summed E-state index contributed by atoms with van der Waals surface area (Å²) in [6.45, 7) is 4.59. The van der Waals surface area contributed by atoms with E-state index in [-0.39, 0.29) is 36.2 Å². The zero-order valence-electron chi connectivity index (χ0n) is 24.4. The summed E-state index contributed by atoms with van der Waals surface area (Å²) in [5.74, 6) is -1.49. The number of quaternary nitrogens is 1. The van der Waals surface area contributed by atoms with Gasteiger partial charge >= 0.3 is 17.9 Å². The van der Waals surface area contributed by atoms with Gasteiger partial charge in [0.25, 0.3) is 0 Å². The number of carboxylic acid groups (broad SMARTS) is 1. The molecule has 37 heavy (non-hydrogen) atoms. The van der Waals surface area contributed by atoms with Crippen LogP contribution in [0.4, 0.5) is 0 Å². The van der Waals surface area contributed by atoms with E-state index in [1.54, 1.807) is 0 Å². The first-order valence-electron chi connectivity index (χ1n) is 14.6. The monoisotopic (exact) mass is 530 g/mol. The van der Waals surface area contributed by atoms with Crippen molar-refractivity contribution in [3.8, 4) is 0 Å². The van der Waals surface area contributed by atoms with Gasteiger partial charge in [-0.25, -0.2) is 4.79 Å². The van der Waals surface area contributed by atoms with E-state index in [1.165, 1.54) is 38.5 Å². The number of esters is 2. The molecule has 0 aromatic rings. The van der Waals surface area contributed by atoms with Crippen molar-refractivity contribution in [2.45, 2.75) is 129 Å². The van der Waals surface area contributed by atoms with Gasteiger partial charge in [-0.05, 0) is 12.8 Å². The van der Waals surface area contributed by atoms with Crippen LogP contribution in [0.5, 0.6) is 0 Å². The third-order valence-corrected chi connectivity index (χ3v) is 6.51. The second-order valence-electron chi connectivity index (χ2n) is 11.0. The molecule has 0 aliphatic carbocycles. The van der Waals surface area contributed by atoms with Crippen LogP contribution < -0.4 is 0 Å². The van der Waals surface area contributed by atoms with Crippen molar-refractivity contribution in [2.75, 3.05) is 41.0 Å². The topological polar surface area (TPSA) is 99.1 Å². The molecule has 0 rings (SSSR count). The fraction of sp³-hybridized carbons (Fsp3) is 0.897. The molecule has 218 valence electrons. The molecule has 1 N–H and O–H groups in total. The molecule has 2 unspecified atom stereocenters. The van der Waals surface area contributed by atoms with Crippen LogP contribution >= 0.6 is 0 Å². The lowest BCUT2D eigenvalue weighted by Gasteiger charge is -2.31.